The quantitative estimate of drug-likeness (QED) is 0.737. The van der Waals surface area contributed by atoms with Gasteiger partial charge in [-0.15, -0.1) is 0 Å². The number of aryl methyl sites for hydroxylation is 2. The highest BCUT2D eigenvalue weighted by molar-refractivity contribution is 5.41. The van der Waals surface area contributed by atoms with Gasteiger partial charge in [0, 0.05) is 18.5 Å². The number of nitrogen functional groups attached to an aromatic ring is 1. The van der Waals surface area contributed by atoms with Crippen LogP contribution in [0.3, 0.4) is 0 Å². The fourth-order valence-electron chi connectivity index (χ4n) is 1.26. The van der Waals surface area contributed by atoms with E-state index in [1.165, 1.54) is 5.56 Å². The highest BCUT2D eigenvalue weighted by Crippen LogP contribution is 2.11. The maximum absolute atomic E-state index is 5.59. The highest BCUT2D eigenvalue weighted by Gasteiger charge is 2.02. The van der Waals surface area contributed by atoms with Crippen LogP contribution in [0, 0.1) is 13.8 Å². The van der Waals surface area contributed by atoms with Gasteiger partial charge in [0.25, 0.3) is 0 Å². The zero-order valence-corrected chi connectivity index (χ0v) is 8.23. The average molecular weight is 188 g/mol. The van der Waals surface area contributed by atoms with Crippen molar-refractivity contribution in [3.63, 3.8) is 0 Å². The standard InChI is InChI=1S/C10H12N4/c1-7-6-14(13-8(7)2)9-3-4-12-10(11)5-9/h3-6H,1-2H3,(H2,11,12). The molecular weight excluding hydrogens is 176 g/mol. The van der Waals surface area contributed by atoms with Crippen molar-refractivity contribution in [2.45, 2.75) is 13.8 Å². The minimum absolute atomic E-state index is 0.508. The van der Waals surface area contributed by atoms with E-state index >= 15 is 0 Å². The van der Waals surface area contributed by atoms with E-state index in [2.05, 4.69) is 10.1 Å². The summed E-state index contributed by atoms with van der Waals surface area (Å²) in [6.07, 6.45) is 3.65. The first-order chi connectivity index (χ1) is 6.66. The Balaban J connectivity index is 2.49. The van der Waals surface area contributed by atoms with E-state index in [9.17, 15) is 0 Å². The number of hydrogen-bond donors (Lipinski definition) is 1. The molecule has 0 aliphatic heterocycles. The van der Waals surface area contributed by atoms with Crippen LogP contribution < -0.4 is 5.73 Å². The van der Waals surface area contributed by atoms with Gasteiger partial charge in [-0.2, -0.15) is 5.10 Å². The van der Waals surface area contributed by atoms with Crippen molar-refractivity contribution in [1.29, 1.82) is 0 Å². The summed E-state index contributed by atoms with van der Waals surface area (Å²) in [6.45, 7) is 4.01. The molecule has 0 saturated heterocycles. The van der Waals surface area contributed by atoms with Crippen molar-refractivity contribution in [2.75, 3.05) is 5.73 Å². The molecule has 0 aliphatic carbocycles. The summed E-state index contributed by atoms with van der Waals surface area (Å²) < 4.78 is 1.81. The molecule has 2 N–H and O–H groups in total. The number of hydrogen-bond acceptors (Lipinski definition) is 3. The minimum atomic E-state index is 0.508. The second kappa shape index (κ2) is 3.14. The van der Waals surface area contributed by atoms with Crippen LogP contribution in [0.5, 0.6) is 0 Å². The summed E-state index contributed by atoms with van der Waals surface area (Å²) in [7, 11) is 0. The Morgan fingerprint density at radius 3 is 2.71 bits per heavy atom. The van der Waals surface area contributed by atoms with Gasteiger partial charge in [0.15, 0.2) is 0 Å². The van der Waals surface area contributed by atoms with Gasteiger partial charge in [-0.1, -0.05) is 0 Å². The second-order valence-electron chi connectivity index (χ2n) is 3.28. The van der Waals surface area contributed by atoms with Crippen molar-refractivity contribution < 1.29 is 0 Å². The predicted molar refractivity (Wildman–Crippen MR) is 55.2 cm³/mol. The topological polar surface area (TPSA) is 56.7 Å². The third-order valence-electron chi connectivity index (χ3n) is 2.17. The Kier molecular flexibility index (Phi) is 1.96. The van der Waals surface area contributed by atoms with E-state index in [0.29, 0.717) is 5.82 Å². The molecule has 2 heterocycles. The van der Waals surface area contributed by atoms with Crippen LogP contribution in [0.4, 0.5) is 5.82 Å². The van der Waals surface area contributed by atoms with Crippen molar-refractivity contribution in [3.8, 4) is 5.69 Å². The molecule has 0 fully saturated rings. The predicted octanol–water partition coefficient (Wildman–Crippen LogP) is 1.47. The van der Waals surface area contributed by atoms with Crippen LogP contribution in [0.15, 0.2) is 24.5 Å². The molecule has 0 bridgehead atoms. The van der Waals surface area contributed by atoms with Gasteiger partial charge < -0.3 is 5.73 Å². The largest absolute Gasteiger partial charge is 0.384 e. The van der Waals surface area contributed by atoms with Crippen LogP contribution in [-0.4, -0.2) is 14.8 Å². The van der Waals surface area contributed by atoms with Crippen LogP contribution in [0.2, 0.25) is 0 Å². The Morgan fingerprint density at radius 2 is 2.14 bits per heavy atom. The number of aromatic nitrogens is 3. The van der Waals surface area contributed by atoms with E-state index in [1.807, 2.05) is 30.8 Å². The number of anilines is 1. The SMILES string of the molecule is Cc1cn(-c2ccnc(N)c2)nc1C. The Labute approximate surface area is 82.4 Å². The summed E-state index contributed by atoms with van der Waals surface area (Å²) >= 11 is 0. The average Bonchev–Trinajstić information content (AvgIpc) is 2.47. The van der Waals surface area contributed by atoms with E-state index in [0.717, 1.165) is 11.4 Å². The molecule has 2 rings (SSSR count). The molecule has 0 spiro atoms. The lowest BCUT2D eigenvalue weighted by molar-refractivity contribution is 0.861. The summed E-state index contributed by atoms with van der Waals surface area (Å²) in [5.41, 5.74) is 8.72. The fraction of sp³-hybridized carbons (Fsp3) is 0.200. The maximum Gasteiger partial charge on any atom is 0.125 e. The molecule has 0 amide bonds. The van der Waals surface area contributed by atoms with Crippen molar-refractivity contribution in [2.24, 2.45) is 0 Å². The molecule has 14 heavy (non-hydrogen) atoms. The second-order valence-corrected chi connectivity index (χ2v) is 3.28. The van der Waals surface area contributed by atoms with E-state index in [1.54, 1.807) is 12.3 Å². The third-order valence-corrected chi connectivity index (χ3v) is 2.17. The Hall–Kier alpha value is -1.84. The molecule has 4 heteroatoms. The summed E-state index contributed by atoms with van der Waals surface area (Å²) in [4.78, 5) is 3.93. The molecule has 4 nitrogen and oxygen atoms in total. The molecule has 0 aliphatic rings. The number of nitrogens with zero attached hydrogens (tertiary/aromatic N) is 3. The third kappa shape index (κ3) is 1.46. The summed E-state index contributed by atoms with van der Waals surface area (Å²) in [5, 5.41) is 4.35. The van der Waals surface area contributed by atoms with Gasteiger partial charge in [0.05, 0.1) is 11.4 Å². The van der Waals surface area contributed by atoms with Gasteiger partial charge in [0.1, 0.15) is 5.82 Å². The zero-order chi connectivity index (χ0) is 10.1. The van der Waals surface area contributed by atoms with Crippen LogP contribution in [0.25, 0.3) is 5.69 Å². The lowest BCUT2D eigenvalue weighted by atomic mass is 10.3. The molecule has 0 unspecified atom stereocenters. The lowest BCUT2D eigenvalue weighted by Gasteiger charge is -2.00. The number of rotatable bonds is 1. The normalized spacial score (nSPS) is 10.4. The molecule has 2 aromatic rings. The smallest absolute Gasteiger partial charge is 0.125 e. The van der Waals surface area contributed by atoms with E-state index in [4.69, 9.17) is 5.73 Å². The van der Waals surface area contributed by atoms with Gasteiger partial charge in [-0.25, -0.2) is 9.67 Å². The van der Waals surface area contributed by atoms with Gasteiger partial charge in [-0.3, -0.25) is 0 Å². The molecule has 72 valence electrons. The van der Waals surface area contributed by atoms with Crippen molar-refractivity contribution >= 4 is 5.82 Å². The summed E-state index contributed by atoms with van der Waals surface area (Å²) in [5.74, 6) is 0.508. The van der Waals surface area contributed by atoms with Crippen molar-refractivity contribution in [3.05, 3.63) is 35.8 Å². The van der Waals surface area contributed by atoms with Crippen LogP contribution in [-0.2, 0) is 0 Å². The maximum atomic E-state index is 5.59. The molecule has 0 atom stereocenters. The van der Waals surface area contributed by atoms with Gasteiger partial charge >= 0.3 is 0 Å². The van der Waals surface area contributed by atoms with E-state index in [-0.39, 0.29) is 0 Å². The Bertz CT molecular complexity index is 439. The fourth-order valence-corrected chi connectivity index (χ4v) is 1.26. The van der Waals surface area contributed by atoms with Crippen molar-refractivity contribution in [1.82, 2.24) is 14.8 Å². The van der Waals surface area contributed by atoms with Crippen LogP contribution >= 0.6 is 0 Å². The van der Waals surface area contributed by atoms with Crippen LogP contribution in [0.1, 0.15) is 11.3 Å². The monoisotopic (exact) mass is 188 g/mol. The minimum Gasteiger partial charge on any atom is -0.384 e. The first kappa shape index (κ1) is 8.74. The molecule has 0 saturated carbocycles. The summed E-state index contributed by atoms with van der Waals surface area (Å²) in [6, 6.07) is 3.67. The molecule has 0 aromatic carbocycles. The molecule has 2 aromatic heterocycles. The zero-order valence-electron chi connectivity index (χ0n) is 8.23. The Morgan fingerprint density at radius 1 is 1.36 bits per heavy atom. The first-order valence-electron chi connectivity index (χ1n) is 4.41. The van der Waals surface area contributed by atoms with E-state index < -0.39 is 0 Å². The lowest BCUT2D eigenvalue weighted by Crippen LogP contribution is -1.97. The number of nitrogens with two attached hydrogens (primary N) is 1. The number of pyridine rings is 1. The molecule has 0 radical (unpaired) electrons. The van der Waals surface area contributed by atoms with Gasteiger partial charge in [0.2, 0.25) is 0 Å². The molecular formula is C10H12N4. The highest BCUT2D eigenvalue weighted by atomic mass is 15.3. The van der Waals surface area contributed by atoms with Gasteiger partial charge in [-0.05, 0) is 25.5 Å². The first-order valence-corrected chi connectivity index (χ1v) is 4.41.